The summed E-state index contributed by atoms with van der Waals surface area (Å²) in [6, 6.07) is 0. The number of unbranched alkanes of at least 4 members (excludes halogenated alkanes) is 38. The van der Waals surface area contributed by atoms with Gasteiger partial charge < -0.3 is 14.2 Å². The number of ether oxygens (including phenoxy) is 3. The predicted octanol–water partition coefficient (Wildman–Crippen LogP) is 17.2. The van der Waals surface area contributed by atoms with Crippen LogP contribution in [-0.2, 0) is 28.6 Å². The fourth-order valence-electron chi connectivity index (χ4n) is 8.09. The Kier molecular flexibility index (Phi) is 47.7. The zero-order valence-corrected chi connectivity index (χ0v) is 40.1. The van der Waals surface area contributed by atoms with Crippen molar-refractivity contribution in [2.45, 2.75) is 309 Å². The van der Waals surface area contributed by atoms with Crippen LogP contribution in [0.2, 0.25) is 0 Å². The lowest BCUT2D eigenvalue weighted by atomic mass is 10.0. The zero-order chi connectivity index (χ0) is 43.0. The molecule has 0 aliphatic carbocycles. The first-order chi connectivity index (χ1) is 29.0. The van der Waals surface area contributed by atoms with Crippen LogP contribution in [0.4, 0.5) is 0 Å². The highest BCUT2D eigenvalue weighted by Crippen LogP contribution is 2.17. The van der Waals surface area contributed by atoms with E-state index in [1.807, 2.05) is 0 Å². The summed E-state index contributed by atoms with van der Waals surface area (Å²) in [5, 5.41) is 0. The van der Waals surface area contributed by atoms with Gasteiger partial charge in [-0.15, -0.1) is 0 Å². The van der Waals surface area contributed by atoms with Crippen molar-refractivity contribution < 1.29 is 28.6 Å². The number of hydrogen-bond donors (Lipinski definition) is 0. The highest BCUT2D eigenvalue weighted by Gasteiger charge is 2.19. The summed E-state index contributed by atoms with van der Waals surface area (Å²) in [7, 11) is 0. The van der Waals surface area contributed by atoms with Gasteiger partial charge in [0.1, 0.15) is 13.2 Å². The van der Waals surface area contributed by atoms with E-state index in [0.29, 0.717) is 19.3 Å². The molecule has 0 amide bonds. The summed E-state index contributed by atoms with van der Waals surface area (Å²) in [6.45, 7) is 6.65. The first kappa shape index (κ1) is 57.4. The lowest BCUT2D eigenvalue weighted by Gasteiger charge is -2.18. The van der Waals surface area contributed by atoms with Crippen molar-refractivity contribution in [3.8, 4) is 0 Å². The monoisotopic (exact) mass is 835 g/mol. The molecule has 0 aliphatic heterocycles. The molecule has 0 aromatic carbocycles. The topological polar surface area (TPSA) is 78.9 Å². The molecule has 6 nitrogen and oxygen atoms in total. The summed E-state index contributed by atoms with van der Waals surface area (Å²) < 4.78 is 16.8. The van der Waals surface area contributed by atoms with Gasteiger partial charge in [0.05, 0.1) is 0 Å². The molecule has 0 spiro atoms. The van der Waals surface area contributed by atoms with Gasteiger partial charge in [0, 0.05) is 19.3 Å². The minimum atomic E-state index is -0.759. The van der Waals surface area contributed by atoms with E-state index in [-0.39, 0.29) is 31.1 Å². The lowest BCUT2D eigenvalue weighted by molar-refractivity contribution is -0.167. The van der Waals surface area contributed by atoms with E-state index in [1.54, 1.807) is 0 Å². The summed E-state index contributed by atoms with van der Waals surface area (Å²) in [4.78, 5) is 37.8. The smallest absolute Gasteiger partial charge is 0.306 e. The Morgan fingerprint density at radius 2 is 0.458 bits per heavy atom. The first-order valence-electron chi connectivity index (χ1n) is 26.5. The molecule has 0 saturated carbocycles. The first-order valence-corrected chi connectivity index (χ1v) is 26.5. The van der Waals surface area contributed by atoms with E-state index in [2.05, 4.69) is 20.8 Å². The Morgan fingerprint density at radius 3 is 0.678 bits per heavy atom. The highest BCUT2D eigenvalue weighted by molar-refractivity contribution is 5.71. The average molecular weight is 835 g/mol. The van der Waals surface area contributed by atoms with Gasteiger partial charge in [-0.1, -0.05) is 265 Å². The Balaban J connectivity index is 4.17. The van der Waals surface area contributed by atoms with Crippen LogP contribution in [-0.4, -0.2) is 37.2 Å². The van der Waals surface area contributed by atoms with Crippen molar-refractivity contribution in [3.63, 3.8) is 0 Å². The molecular weight excluding hydrogens is 733 g/mol. The van der Waals surface area contributed by atoms with Gasteiger partial charge in [-0.05, 0) is 19.3 Å². The van der Waals surface area contributed by atoms with Gasteiger partial charge >= 0.3 is 17.9 Å². The Labute approximate surface area is 368 Å². The minimum absolute atomic E-state index is 0.0622. The maximum Gasteiger partial charge on any atom is 0.306 e. The highest BCUT2D eigenvalue weighted by atomic mass is 16.6. The second-order valence-electron chi connectivity index (χ2n) is 18.2. The van der Waals surface area contributed by atoms with Gasteiger partial charge in [0.25, 0.3) is 0 Å². The standard InChI is InChI=1S/C53H102O6/c1-4-7-10-13-16-18-20-22-24-26-28-30-32-34-37-40-43-46-52(55)58-49-50(48-57-51(54)45-42-39-36-15-12-9-6-3)59-53(56)47-44-41-38-35-33-31-29-27-25-23-21-19-17-14-11-8-5-2/h50H,4-49H2,1-3H3. The Bertz CT molecular complexity index is 874. The van der Waals surface area contributed by atoms with Gasteiger partial charge in [-0.2, -0.15) is 0 Å². The molecule has 0 aromatic rings. The number of hydrogen-bond acceptors (Lipinski definition) is 6. The molecule has 59 heavy (non-hydrogen) atoms. The SMILES string of the molecule is CCCCCCCCCCCCCCCCCCCC(=O)OCC(COC(=O)CCCCCCCCC)OC(=O)CCCCCCCCCCCCCCCCCCC. The van der Waals surface area contributed by atoms with Crippen molar-refractivity contribution in [1.29, 1.82) is 0 Å². The van der Waals surface area contributed by atoms with E-state index in [1.165, 1.54) is 205 Å². The average Bonchev–Trinajstić information content (AvgIpc) is 3.23. The van der Waals surface area contributed by atoms with Crippen molar-refractivity contribution in [2.75, 3.05) is 13.2 Å². The fourth-order valence-corrected chi connectivity index (χ4v) is 8.09. The molecule has 0 saturated heterocycles. The molecule has 1 unspecified atom stereocenters. The second-order valence-corrected chi connectivity index (χ2v) is 18.2. The van der Waals surface area contributed by atoms with Crippen LogP contribution in [0.5, 0.6) is 0 Å². The molecule has 0 N–H and O–H groups in total. The molecule has 0 heterocycles. The second kappa shape index (κ2) is 49.1. The van der Waals surface area contributed by atoms with E-state index < -0.39 is 6.10 Å². The maximum atomic E-state index is 12.8. The molecule has 0 rings (SSSR count). The van der Waals surface area contributed by atoms with E-state index in [4.69, 9.17) is 14.2 Å². The largest absolute Gasteiger partial charge is 0.462 e. The number of carbonyl (C=O) groups excluding carboxylic acids is 3. The van der Waals surface area contributed by atoms with Gasteiger partial charge in [0.15, 0.2) is 6.10 Å². The third kappa shape index (κ3) is 47.3. The summed E-state index contributed by atoms with van der Waals surface area (Å²) in [5.74, 6) is -0.847. The van der Waals surface area contributed by atoms with Crippen molar-refractivity contribution in [2.24, 2.45) is 0 Å². The van der Waals surface area contributed by atoms with Gasteiger partial charge in [-0.3, -0.25) is 14.4 Å². The molecule has 0 radical (unpaired) electrons. The molecule has 6 heteroatoms. The van der Waals surface area contributed by atoms with Crippen LogP contribution in [0.1, 0.15) is 303 Å². The summed E-state index contributed by atoms with van der Waals surface area (Å²) in [6.07, 6.45) is 52.5. The number of carbonyl (C=O) groups is 3. The Morgan fingerprint density at radius 1 is 0.271 bits per heavy atom. The molecule has 1 atom stereocenters. The van der Waals surface area contributed by atoms with Crippen LogP contribution in [0.25, 0.3) is 0 Å². The summed E-state index contributed by atoms with van der Waals surface area (Å²) in [5.41, 5.74) is 0. The molecule has 0 bridgehead atoms. The minimum Gasteiger partial charge on any atom is -0.462 e. The molecule has 0 fully saturated rings. The van der Waals surface area contributed by atoms with Crippen LogP contribution in [0.3, 0.4) is 0 Å². The van der Waals surface area contributed by atoms with Crippen LogP contribution in [0.15, 0.2) is 0 Å². The van der Waals surface area contributed by atoms with Crippen LogP contribution >= 0.6 is 0 Å². The third-order valence-electron chi connectivity index (χ3n) is 12.1. The number of rotatable bonds is 49. The number of esters is 3. The quantitative estimate of drug-likeness (QED) is 0.0345. The van der Waals surface area contributed by atoms with Crippen LogP contribution in [0, 0.1) is 0 Å². The maximum absolute atomic E-state index is 12.8. The van der Waals surface area contributed by atoms with Crippen LogP contribution < -0.4 is 0 Å². The zero-order valence-electron chi connectivity index (χ0n) is 40.1. The normalized spacial score (nSPS) is 11.8. The van der Waals surface area contributed by atoms with E-state index in [9.17, 15) is 14.4 Å². The van der Waals surface area contributed by atoms with Crippen molar-refractivity contribution >= 4 is 17.9 Å². The molecular formula is C53H102O6. The van der Waals surface area contributed by atoms with E-state index in [0.717, 1.165) is 57.8 Å². The van der Waals surface area contributed by atoms with E-state index >= 15 is 0 Å². The molecule has 350 valence electrons. The van der Waals surface area contributed by atoms with Crippen molar-refractivity contribution in [3.05, 3.63) is 0 Å². The predicted molar refractivity (Wildman–Crippen MR) is 252 cm³/mol. The molecule has 0 aliphatic rings. The Hall–Kier alpha value is -1.59. The van der Waals surface area contributed by atoms with Crippen molar-refractivity contribution in [1.82, 2.24) is 0 Å². The van der Waals surface area contributed by atoms with Gasteiger partial charge in [0.2, 0.25) is 0 Å². The van der Waals surface area contributed by atoms with Gasteiger partial charge in [-0.25, -0.2) is 0 Å². The third-order valence-corrected chi connectivity index (χ3v) is 12.1. The summed E-state index contributed by atoms with van der Waals surface area (Å²) >= 11 is 0. The fraction of sp³-hybridized carbons (Fsp3) is 0.943. The molecule has 0 aromatic heterocycles. The lowest BCUT2D eigenvalue weighted by Crippen LogP contribution is -2.30.